The van der Waals surface area contributed by atoms with Gasteiger partial charge in [-0.25, -0.2) is 0 Å². The minimum absolute atomic E-state index is 0.145. The molecular formula is C24H28N6O2S. The van der Waals surface area contributed by atoms with Gasteiger partial charge in [0.1, 0.15) is 24.0 Å². The number of nitrogens with one attached hydrogen (secondary N) is 1. The van der Waals surface area contributed by atoms with Crippen molar-refractivity contribution in [2.75, 3.05) is 18.2 Å². The van der Waals surface area contributed by atoms with Gasteiger partial charge in [0.2, 0.25) is 5.91 Å². The summed E-state index contributed by atoms with van der Waals surface area (Å²) < 4.78 is 9.42. The second-order valence-corrected chi connectivity index (χ2v) is 9.14. The molecule has 3 aromatic rings. The van der Waals surface area contributed by atoms with Crippen molar-refractivity contribution in [1.82, 2.24) is 19.3 Å². The summed E-state index contributed by atoms with van der Waals surface area (Å²) in [5.41, 5.74) is 3.34. The van der Waals surface area contributed by atoms with E-state index >= 15 is 0 Å². The maximum Gasteiger partial charge on any atom is 0.235 e. The summed E-state index contributed by atoms with van der Waals surface area (Å²) in [7, 11) is 1.61. The number of carbonyl (C=O) groups excluding carboxylic acids is 1. The molecule has 2 heterocycles. The summed E-state index contributed by atoms with van der Waals surface area (Å²) in [5.74, 6) is 1.28. The molecule has 0 unspecified atom stereocenters. The number of aromatic nitrogens is 4. The maximum absolute atomic E-state index is 13.0. The van der Waals surface area contributed by atoms with Gasteiger partial charge >= 0.3 is 0 Å². The molecule has 2 aromatic heterocycles. The number of hydrogen-bond acceptors (Lipinski definition) is 6. The minimum Gasteiger partial charge on any atom is -0.495 e. The molecule has 1 aliphatic rings. The first-order valence-electron chi connectivity index (χ1n) is 11.1. The molecule has 0 aliphatic heterocycles. The van der Waals surface area contributed by atoms with Crippen LogP contribution >= 0.6 is 11.8 Å². The van der Waals surface area contributed by atoms with Gasteiger partial charge in [-0.1, -0.05) is 43.2 Å². The lowest BCUT2D eigenvalue weighted by Crippen LogP contribution is -2.22. The van der Waals surface area contributed by atoms with Crippen molar-refractivity contribution in [3.63, 3.8) is 0 Å². The van der Waals surface area contributed by atoms with Crippen LogP contribution in [-0.2, 0) is 4.79 Å². The third kappa shape index (κ3) is 4.62. The Hall–Kier alpha value is -3.25. The van der Waals surface area contributed by atoms with Crippen molar-refractivity contribution in [3.05, 3.63) is 47.4 Å². The van der Waals surface area contributed by atoms with E-state index in [1.165, 1.54) is 31.0 Å². The summed E-state index contributed by atoms with van der Waals surface area (Å²) in [6.07, 6.45) is 7.33. The number of benzene rings is 1. The zero-order valence-corrected chi connectivity index (χ0v) is 20.0. The average Bonchev–Trinajstić information content (AvgIpc) is 3.40. The minimum atomic E-state index is -0.180. The van der Waals surface area contributed by atoms with E-state index in [0.717, 1.165) is 29.8 Å². The number of thioether (sulfide) groups is 1. The van der Waals surface area contributed by atoms with Gasteiger partial charge in [-0.05, 0) is 44.4 Å². The Balaban J connectivity index is 1.53. The third-order valence-corrected chi connectivity index (χ3v) is 7.20. The predicted octanol–water partition coefficient (Wildman–Crippen LogP) is 4.80. The normalized spacial score (nSPS) is 14.1. The lowest BCUT2D eigenvalue weighted by molar-refractivity contribution is -0.113. The lowest BCUT2D eigenvalue weighted by Gasteiger charge is -2.27. The molecular weight excluding hydrogens is 436 g/mol. The maximum atomic E-state index is 13.0. The van der Waals surface area contributed by atoms with Gasteiger partial charge in [0.25, 0.3) is 0 Å². The Morgan fingerprint density at radius 1 is 1.27 bits per heavy atom. The van der Waals surface area contributed by atoms with Crippen molar-refractivity contribution in [2.24, 2.45) is 0 Å². The Kier molecular flexibility index (Phi) is 7.04. The molecule has 1 saturated carbocycles. The highest BCUT2D eigenvalue weighted by atomic mass is 32.2. The summed E-state index contributed by atoms with van der Waals surface area (Å²) in [6, 6.07) is 10.2. The number of rotatable bonds is 7. The Labute approximate surface area is 198 Å². The number of nitrogens with zero attached hydrogens (tertiary/aromatic N) is 5. The molecule has 172 valence electrons. The van der Waals surface area contributed by atoms with E-state index in [9.17, 15) is 10.1 Å². The highest BCUT2D eigenvalue weighted by Crippen LogP contribution is 2.37. The molecule has 1 N–H and O–H groups in total. The van der Waals surface area contributed by atoms with Crippen LogP contribution in [0.4, 0.5) is 5.82 Å². The van der Waals surface area contributed by atoms with Gasteiger partial charge in [0.05, 0.1) is 24.1 Å². The molecule has 1 amide bonds. The Bertz CT molecular complexity index is 1190. The van der Waals surface area contributed by atoms with E-state index in [4.69, 9.17) is 4.74 Å². The smallest absolute Gasteiger partial charge is 0.235 e. The van der Waals surface area contributed by atoms with Crippen molar-refractivity contribution < 1.29 is 9.53 Å². The molecule has 0 atom stereocenters. The van der Waals surface area contributed by atoms with Gasteiger partial charge in [-0.2, -0.15) is 5.26 Å². The molecule has 1 aromatic carbocycles. The SMILES string of the molecule is COc1ccccc1-n1cnnc1SCC(=O)Nc1c(C#N)c(C)c(C)n1C1CCCCC1. The van der Waals surface area contributed by atoms with Crippen LogP contribution in [0.2, 0.25) is 0 Å². The van der Waals surface area contributed by atoms with Crippen LogP contribution in [0.25, 0.3) is 5.69 Å². The summed E-state index contributed by atoms with van der Waals surface area (Å²) in [5, 5.41) is 21.6. The monoisotopic (exact) mass is 464 g/mol. The van der Waals surface area contributed by atoms with Crippen molar-refractivity contribution in [3.8, 4) is 17.5 Å². The van der Waals surface area contributed by atoms with Gasteiger partial charge in [-0.3, -0.25) is 9.36 Å². The lowest BCUT2D eigenvalue weighted by atomic mass is 9.95. The number of carbonyl (C=O) groups is 1. The fourth-order valence-electron chi connectivity index (χ4n) is 4.50. The third-order valence-electron chi connectivity index (χ3n) is 6.26. The number of amides is 1. The average molecular weight is 465 g/mol. The molecule has 0 bridgehead atoms. The number of hydrogen-bond donors (Lipinski definition) is 1. The van der Waals surface area contributed by atoms with E-state index in [-0.39, 0.29) is 11.7 Å². The summed E-state index contributed by atoms with van der Waals surface area (Å²) in [6.45, 7) is 3.98. The van der Waals surface area contributed by atoms with E-state index in [1.54, 1.807) is 18.0 Å². The standard InChI is InChI=1S/C24H28N6O2S/c1-16-17(2)30(18-9-5-4-6-10-18)23(19(16)13-25)27-22(31)14-33-24-28-26-15-29(24)20-11-7-8-12-21(20)32-3/h7-8,11-12,15,18H,4-6,9-10,14H2,1-3H3,(H,27,31). The van der Waals surface area contributed by atoms with Crippen molar-refractivity contribution >= 4 is 23.5 Å². The second-order valence-electron chi connectivity index (χ2n) is 8.20. The quantitative estimate of drug-likeness (QED) is 0.504. The number of ether oxygens (including phenoxy) is 1. The summed E-state index contributed by atoms with van der Waals surface area (Å²) in [4.78, 5) is 13.0. The van der Waals surface area contributed by atoms with E-state index in [0.29, 0.717) is 28.3 Å². The van der Waals surface area contributed by atoms with Crippen LogP contribution in [0, 0.1) is 25.2 Å². The van der Waals surface area contributed by atoms with Gasteiger partial charge < -0.3 is 14.6 Å². The first-order valence-corrected chi connectivity index (χ1v) is 12.1. The fraction of sp³-hybridized carbons (Fsp3) is 0.417. The molecule has 1 fully saturated rings. The molecule has 33 heavy (non-hydrogen) atoms. The molecule has 1 aliphatic carbocycles. The van der Waals surface area contributed by atoms with Gasteiger partial charge in [0.15, 0.2) is 5.16 Å². The van der Waals surface area contributed by atoms with Gasteiger partial charge in [0, 0.05) is 11.7 Å². The van der Waals surface area contributed by atoms with E-state index in [1.807, 2.05) is 38.1 Å². The van der Waals surface area contributed by atoms with Crippen LogP contribution in [0.15, 0.2) is 35.7 Å². The van der Waals surface area contributed by atoms with Crippen LogP contribution < -0.4 is 10.1 Å². The van der Waals surface area contributed by atoms with Crippen LogP contribution in [0.1, 0.15) is 55.0 Å². The van der Waals surface area contributed by atoms with Gasteiger partial charge in [-0.15, -0.1) is 10.2 Å². The molecule has 9 heteroatoms. The first-order chi connectivity index (χ1) is 16.0. The zero-order valence-electron chi connectivity index (χ0n) is 19.2. The number of methoxy groups -OCH3 is 1. The predicted molar refractivity (Wildman–Crippen MR) is 128 cm³/mol. The second kappa shape index (κ2) is 10.1. The Morgan fingerprint density at radius 3 is 2.76 bits per heavy atom. The molecule has 4 rings (SSSR count). The topological polar surface area (TPSA) is 97.8 Å². The van der Waals surface area contributed by atoms with Crippen LogP contribution in [0.3, 0.4) is 0 Å². The molecule has 8 nitrogen and oxygen atoms in total. The number of nitriles is 1. The molecule has 0 spiro atoms. The highest BCUT2D eigenvalue weighted by Gasteiger charge is 2.26. The summed E-state index contributed by atoms with van der Waals surface area (Å²) >= 11 is 1.29. The van der Waals surface area contributed by atoms with Crippen LogP contribution in [0.5, 0.6) is 5.75 Å². The first kappa shape index (κ1) is 22.9. The number of para-hydroxylation sites is 2. The zero-order chi connectivity index (χ0) is 23.4. The molecule has 0 saturated heterocycles. The highest BCUT2D eigenvalue weighted by molar-refractivity contribution is 7.99. The van der Waals surface area contributed by atoms with Crippen molar-refractivity contribution in [1.29, 1.82) is 5.26 Å². The van der Waals surface area contributed by atoms with E-state index in [2.05, 4.69) is 26.2 Å². The Morgan fingerprint density at radius 2 is 2.03 bits per heavy atom. The van der Waals surface area contributed by atoms with Crippen LogP contribution in [-0.4, -0.2) is 38.1 Å². The fourth-order valence-corrected chi connectivity index (χ4v) is 5.22. The molecule has 0 radical (unpaired) electrons. The van der Waals surface area contributed by atoms with E-state index < -0.39 is 0 Å². The largest absolute Gasteiger partial charge is 0.495 e. The van der Waals surface area contributed by atoms with Crippen molar-refractivity contribution in [2.45, 2.75) is 57.1 Å². The number of anilines is 1.